The van der Waals surface area contributed by atoms with Crippen LogP contribution in [0, 0.1) is 0 Å². The molecule has 1 aromatic carbocycles. The summed E-state index contributed by atoms with van der Waals surface area (Å²) in [6.45, 7) is 1.84. The minimum atomic E-state index is -0.0302. The van der Waals surface area contributed by atoms with Gasteiger partial charge in [-0.2, -0.15) is 0 Å². The van der Waals surface area contributed by atoms with Gasteiger partial charge in [0.2, 0.25) is 0 Å². The van der Waals surface area contributed by atoms with Crippen LogP contribution in [-0.2, 0) is 6.54 Å². The smallest absolute Gasteiger partial charge is 0.317 e. The molecule has 0 spiro atoms. The highest BCUT2D eigenvalue weighted by atomic mass is 32.1. The van der Waals surface area contributed by atoms with Crippen molar-refractivity contribution in [2.75, 3.05) is 20.2 Å². The Balaban J connectivity index is 1.50. The molecule has 7 heteroatoms. The van der Waals surface area contributed by atoms with Crippen LogP contribution in [0.3, 0.4) is 0 Å². The summed E-state index contributed by atoms with van der Waals surface area (Å²) in [7, 11) is 1.67. The Morgan fingerprint density at radius 3 is 2.89 bits per heavy atom. The van der Waals surface area contributed by atoms with Crippen LogP contribution in [-0.4, -0.2) is 42.2 Å². The number of carbonyl (C=O) groups excluding carboxylic acids is 1. The third-order valence-electron chi connectivity index (χ3n) is 5.29. The second kappa shape index (κ2) is 8.17. The Hall–Kier alpha value is -2.28. The van der Waals surface area contributed by atoms with Gasteiger partial charge in [0, 0.05) is 30.6 Å². The van der Waals surface area contributed by atoms with Gasteiger partial charge in [0.25, 0.3) is 0 Å². The van der Waals surface area contributed by atoms with E-state index in [1.165, 1.54) is 12.8 Å². The summed E-state index contributed by atoms with van der Waals surface area (Å²) in [5, 5.41) is 5.89. The van der Waals surface area contributed by atoms with E-state index in [9.17, 15) is 4.79 Å². The van der Waals surface area contributed by atoms with Gasteiger partial charge in [-0.3, -0.25) is 0 Å². The fourth-order valence-corrected chi connectivity index (χ4v) is 4.45. The lowest BCUT2D eigenvalue weighted by atomic mass is 9.96. The molecule has 1 unspecified atom stereocenters. The van der Waals surface area contributed by atoms with Gasteiger partial charge in [0.05, 0.1) is 19.8 Å². The molecule has 0 radical (unpaired) electrons. The summed E-state index contributed by atoms with van der Waals surface area (Å²) in [6.07, 6.45) is 6.72. The van der Waals surface area contributed by atoms with Crippen LogP contribution in [0.5, 0.6) is 11.5 Å². The molecule has 2 aromatic rings. The maximum absolute atomic E-state index is 12.2. The molecular formula is C20H25N3O3S. The number of benzene rings is 1. The van der Waals surface area contributed by atoms with Crippen molar-refractivity contribution in [3.8, 4) is 11.5 Å². The molecule has 1 atom stereocenters. The second-order valence-corrected chi connectivity index (χ2v) is 8.10. The molecule has 1 aromatic heterocycles. The van der Waals surface area contributed by atoms with Gasteiger partial charge in [-0.1, -0.05) is 6.07 Å². The van der Waals surface area contributed by atoms with Crippen LogP contribution in [0.1, 0.15) is 42.2 Å². The number of rotatable bonds is 6. The minimum absolute atomic E-state index is 0.0302. The van der Waals surface area contributed by atoms with Gasteiger partial charge >= 0.3 is 6.03 Å². The van der Waals surface area contributed by atoms with E-state index in [0.29, 0.717) is 19.6 Å². The van der Waals surface area contributed by atoms with E-state index in [0.717, 1.165) is 34.9 Å². The highest BCUT2D eigenvalue weighted by Crippen LogP contribution is 2.35. The van der Waals surface area contributed by atoms with Crippen LogP contribution < -0.4 is 14.8 Å². The van der Waals surface area contributed by atoms with Crippen LogP contribution in [0.15, 0.2) is 29.8 Å². The van der Waals surface area contributed by atoms with E-state index < -0.39 is 0 Å². The highest BCUT2D eigenvalue weighted by Gasteiger charge is 2.28. The van der Waals surface area contributed by atoms with Gasteiger partial charge in [0.1, 0.15) is 5.01 Å². The number of methoxy groups -OCH3 is 1. The van der Waals surface area contributed by atoms with E-state index in [4.69, 9.17) is 9.47 Å². The minimum Gasteiger partial charge on any atom is -0.493 e. The molecule has 1 aliphatic carbocycles. The van der Waals surface area contributed by atoms with E-state index in [-0.39, 0.29) is 18.1 Å². The highest BCUT2D eigenvalue weighted by molar-refractivity contribution is 7.09. The number of hydrogen-bond acceptors (Lipinski definition) is 5. The zero-order valence-corrected chi connectivity index (χ0v) is 16.3. The molecule has 1 N–H and O–H groups in total. The van der Waals surface area contributed by atoms with E-state index >= 15 is 0 Å². The molecule has 1 saturated heterocycles. The number of ether oxygens (including phenoxy) is 2. The van der Waals surface area contributed by atoms with E-state index in [1.54, 1.807) is 24.6 Å². The first-order valence-electron chi connectivity index (χ1n) is 9.48. The normalized spacial score (nSPS) is 20.6. The van der Waals surface area contributed by atoms with Crippen molar-refractivity contribution in [1.29, 1.82) is 0 Å². The molecule has 144 valence electrons. The molecule has 2 aliphatic rings. The average Bonchev–Trinajstić information content (AvgIpc) is 3.38. The summed E-state index contributed by atoms with van der Waals surface area (Å²) in [5.41, 5.74) is 1.16. The summed E-state index contributed by atoms with van der Waals surface area (Å²) >= 11 is 1.57. The first-order chi connectivity index (χ1) is 13.2. The van der Waals surface area contributed by atoms with Gasteiger partial charge in [-0.15, -0.1) is 11.3 Å². The SMILES string of the molecule is COc1ccc(C2CNC(=O)N(Cc3nccs3)C2)cc1OC1CCCC1. The second-order valence-electron chi connectivity index (χ2n) is 7.12. The number of amides is 2. The zero-order chi connectivity index (χ0) is 18.6. The predicted molar refractivity (Wildman–Crippen MR) is 105 cm³/mol. The first kappa shape index (κ1) is 18.1. The van der Waals surface area contributed by atoms with Gasteiger partial charge in [-0.25, -0.2) is 9.78 Å². The van der Waals surface area contributed by atoms with Gasteiger partial charge < -0.3 is 19.7 Å². The van der Waals surface area contributed by atoms with Crippen molar-refractivity contribution < 1.29 is 14.3 Å². The van der Waals surface area contributed by atoms with Crippen LogP contribution in [0.2, 0.25) is 0 Å². The van der Waals surface area contributed by atoms with Crippen molar-refractivity contribution in [2.24, 2.45) is 0 Å². The predicted octanol–water partition coefficient (Wildman–Crippen LogP) is 3.78. The molecular weight excluding hydrogens is 362 g/mol. The number of carbonyl (C=O) groups is 1. The molecule has 2 heterocycles. The summed E-state index contributed by atoms with van der Waals surface area (Å²) in [5.74, 6) is 1.79. The summed E-state index contributed by atoms with van der Waals surface area (Å²) in [6, 6.07) is 6.10. The number of hydrogen-bond donors (Lipinski definition) is 1. The monoisotopic (exact) mass is 387 g/mol. The summed E-state index contributed by atoms with van der Waals surface area (Å²) in [4.78, 5) is 18.4. The molecule has 27 heavy (non-hydrogen) atoms. The molecule has 1 saturated carbocycles. The Morgan fingerprint density at radius 1 is 1.30 bits per heavy atom. The lowest BCUT2D eigenvalue weighted by Crippen LogP contribution is -2.49. The Kier molecular flexibility index (Phi) is 5.48. The van der Waals surface area contributed by atoms with Crippen LogP contribution in [0.4, 0.5) is 4.79 Å². The quantitative estimate of drug-likeness (QED) is 0.819. The van der Waals surface area contributed by atoms with Crippen molar-refractivity contribution >= 4 is 17.4 Å². The first-order valence-corrected chi connectivity index (χ1v) is 10.4. The van der Waals surface area contributed by atoms with Crippen LogP contribution in [0.25, 0.3) is 0 Å². The zero-order valence-electron chi connectivity index (χ0n) is 15.5. The third kappa shape index (κ3) is 4.18. The van der Waals surface area contributed by atoms with Crippen LogP contribution >= 0.6 is 11.3 Å². The topological polar surface area (TPSA) is 63.7 Å². The lowest BCUT2D eigenvalue weighted by molar-refractivity contribution is 0.176. The molecule has 4 rings (SSSR count). The number of nitrogens with one attached hydrogen (secondary N) is 1. The maximum Gasteiger partial charge on any atom is 0.317 e. The molecule has 1 aliphatic heterocycles. The van der Waals surface area contributed by atoms with Crippen molar-refractivity contribution in [2.45, 2.75) is 44.2 Å². The number of aromatic nitrogens is 1. The van der Waals surface area contributed by atoms with Crippen molar-refractivity contribution in [3.05, 3.63) is 40.3 Å². The third-order valence-corrected chi connectivity index (χ3v) is 6.06. The summed E-state index contributed by atoms with van der Waals surface area (Å²) < 4.78 is 11.7. The molecule has 6 nitrogen and oxygen atoms in total. The van der Waals surface area contributed by atoms with Crippen molar-refractivity contribution in [1.82, 2.24) is 15.2 Å². The molecule has 0 bridgehead atoms. The standard InChI is InChI=1S/C20H25N3O3S/c1-25-17-7-6-14(10-18(17)26-16-4-2-3-5-16)15-11-22-20(24)23(12-15)13-19-21-8-9-27-19/h6-10,15-16H,2-5,11-13H2,1H3,(H,22,24). The van der Waals surface area contributed by atoms with E-state index in [2.05, 4.69) is 22.4 Å². The van der Waals surface area contributed by atoms with Gasteiger partial charge in [-0.05, 0) is 43.4 Å². The van der Waals surface area contributed by atoms with Gasteiger partial charge in [0.15, 0.2) is 11.5 Å². The molecule has 2 fully saturated rings. The number of nitrogens with zero attached hydrogens (tertiary/aromatic N) is 2. The van der Waals surface area contributed by atoms with E-state index in [1.807, 2.05) is 16.3 Å². The lowest BCUT2D eigenvalue weighted by Gasteiger charge is -2.33. The number of thiazole rings is 1. The fourth-order valence-electron chi connectivity index (χ4n) is 3.81. The maximum atomic E-state index is 12.2. The molecule has 2 amide bonds. The van der Waals surface area contributed by atoms with Crippen molar-refractivity contribution in [3.63, 3.8) is 0 Å². The largest absolute Gasteiger partial charge is 0.493 e. The fraction of sp³-hybridized carbons (Fsp3) is 0.500. The number of urea groups is 1. The Labute approximate surface area is 163 Å². The average molecular weight is 388 g/mol. The Morgan fingerprint density at radius 2 is 2.15 bits per heavy atom. The Bertz CT molecular complexity index is 775.